The zero-order chi connectivity index (χ0) is 33.0. The molecule has 0 bridgehead atoms. The highest BCUT2D eigenvalue weighted by Gasteiger charge is 2.67. The predicted octanol–water partition coefficient (Wildman–Crippen LogP) is 9.47. The van der Waals surface area contributed by atoms with Crippen LogP contribution >= 0.6 is 34.4 Å². The molecular formula is C40H38N4O2S3. The Morgan fingerprint density at radius 1 is 0.878 bits per heavy atom. The third kappa shape index (κ3) is 5.50. The third-order valence-electron chi connectivity index (χ3n) is 11.1. The zero-order valence-electron chi connectivity index (χ0n) is 27.5. The van der Waals surface area contributed by atoms with Gasteiger partial charge in [-0.3, -0.25) is 9.69 Å². The van der Waals surface area contributed by atoms with Gasteiger partial charge in [0.15, 0.2) is 10.7 Å². The molecular weight excluding hydrogens is 665 g/mol. The van der Waals surface area contributed by atoms with Gasteiger partial charge < -0.3 is 4.74 Å². The van der Waals surface area contributed by atoms with Crippen LogP contribution in [0.25, 0.3) is 21.1 Å². The van der Waals surface area contributed by atoms with E-state index in [1.807, 2.05) is 35.2 Å². The van der Waals surface area contributed by atoms with Crippen molar-refractivity contribution in [3.05, 3.63) is 118 Å². The molecule has 5 aromatic rings. The number of hydrogen-bond acceptors (Lipinski definition) is 8. The topological polar surface area (TPSA) is 67.7 Å². The Morgan fingerprint density at radius 3 is 2.22 bits per heavy atom. The summed E-state index contributed by atoms with van der Waals surface area (Å²) in [6, 6.07) is 24.1. The molecule has 1 unspecified atom stereocenters. The molecule has 2 saturated carbocycles. The van der Waals surface area contributed by atoms with Crippen LogP contribution in [0.4, 0.5) is 0 Å². The number of hydrogen-bond donors (Lipinski definition) is 0. The lowest BCUT2D eigenvalue weighted by atomic mass is 9.61. The molecule has 0 radical (unpaired) electrons. The van der Waals surface area contributed by atoms with Crippen LogP contribution in [-0.4, -0.2) is 39.2 Å². The maximum Gasteiger partial charge on any atom is 0.262 e. The first-order chi connectivity index (χ1) is 24.0. The fourth-order valence-electron chi connectivity index (χ4n) is 8.42. The second-order valence-electron chi connectivity index (χ2n) is 13.9. The van der Waals surface area contributed by atoms with E-state index in [-0.39, 0.29) is 17.4 Å². The highest BCUT2D eigenvalue weighted by Crippen LogP contribution is 2.63. The summed E-state index contributed by atoms with van der Waals surface area (Å²) in [6.45, 7) is 0.471. The van der Waals surface area contributed by atoms with Crippen LogP contribution in [0.3, 0.4) is 0 Å². The summed E-state index contributed by atoms with van der Waals surface area (Å²) < 4.78 is 5.85. The van der Waals surface area contributed by atoms with Gasteiger partial charge in [-0.2, -0.15) is 0 Å². The van der Waals surface area contributed by atoms with Crippen LogP contribution in [0.2, 0.25) is 0 Å². The van der Waals surface area contributed by atoms with Crippen LogP contribution in [0.1, 0.15) is 72.3 Å². The van der Waals surface area contributed by atoms with Crippen LogP contribution in [0, 0.1) is 5.41 Å². The van der Waals surface area contributed by atoms with E-state index >= 15 is 4.79 Å². The largest absolute Gasteiger partial charge is 0.381 e. The van der Waals surface area contributed by atoms with Gasteiger partial charge in [0, 0.05) is 52.6 Å². The molecule has 1 aliphatic heterocycles. The quantitative estimate of drug-likeness (QED) is 0.161. The number of rotatable bonds is 8. The minimum Gasteiger partial charge on any atom is -0.381 e. The van der Waals surface area contributed by atoms with Crippen molar-refractivity contribution in [1.29, 1.82) is 0 Å². The van der Waals surface area contributed by atoms with Crippen molar-refractivity contribution in [1.82, 2.24) is 14.9 Å². The maximum atomic E-state index is 15.5. The van der Waals surface area contributed by atoms with Gasteiger partial charge in [-0.25, -0.2) is 15.0 Å². The van der Waals surface area contributed by atoms with Crippen molar-refractivity contribution in [2.24, 2.45) is 10.4 Å². The van der Waals surface area contributed by atoms with Crippen molar-refractivity contribution in [2.45, 2.75) is 74.8 Å². The minimum absolute atomic E-state index is 0.133. The molecule has 2 fully saturated rings. The second kappa shape index (κ2) is 12.6. The van der Waals surface area contributed by atoms with Crippen LogP contribution in [-0.2, 0) is 33.8 Å². The molecule has 2 spiro atoms. The number of amidine groups is 1. The summed E-state index contributed by atoms with van der Waals surface area (Å²) in [4.78, 5) is 32.3. The van der Waals surface area contributed by atoms with E-state index in [0.29, 0.717) is 18.2 Å². The molecule has 6 nitrogen and oxygen atoms in total. The van der Waals surface area contributed by atoms with E-state index in [9.17, 15) is 0 Å². The standard InChI is InChI=1S/C40H38N4O2S3/c1-46-33-12-14-39(15-13-33)23-32-11-10-29(28-8-9-28)22-34(32)40(39)37(45)44(24-26-4-2-6-30(20-26)35-41-16-18-47-35)38(43-40)49-25-27-5-3-7-31(21-27)36-42-17-19-48-36/h2-7,10-11,16-22,28,33H,8-9,12-15,23-25H2,1H3. The Hall–Kier alpha value is -3.63. The number of ether oxygens (including phenoxy) is 1. The van der Waals surface area contributed by atoms with E-state index in [2.05, 4.69) is 76.7 Å². The summed E-state index contributed by atoms with van der Waals surface area (Å²) in [5, 5.41) is 6.85. The van der Waals surface area contributed by atoms with Crippen LogP contribution in [0.5, 0.6) is 0 Å². The first kappa shape index (κ1) is 31.4. The number of thioether (sulfide) groups is 1. The van der Waals surface area contributed by atoms with Crippen molar-refractivity contribution in [3.63, 3.8) is 0 Å². The number of thiazole rings is 2. The Kier molecular flexibility index (Phi) is 8.07. The number of methoxy groups -OCH3 is 1. The molecule has 0 saturated heterocycles. The lowest BCUT2D eigenvalue weighted by molar-refractivity contribution is -0.138. The van der Waals surface area contributed by atoms with Crippen molar-refractivity contribution in [3.8, 4) is 21.1 Å². The van der Waals surface area contributed by atoms with Crippen LogP contribution < -0.4 is 0 Å². The smallest absolute Gasteiger partial charge is 0.262 e. The molecule has 3 heterocycles. The predicted molar refractivity (Wildman–Crippen MR) is 200 cm³/mol. The van der Waals surface area contributed by atoms with Gasteiger partial charge in [0.25, 0.3) is 5.91 Å². The summed E-state index contributed by atoms with van der Waals surface area (Å²) in [5.41, 5.74) is 7.10. The van der Waals surface area contributed by atoms with Gasteiger partial charge in [-0.1, -0.05) is 66.4 Å². The summed E-state index contributed by atoms with van der Waals surface area (Å²) in [7, 11) is 1.82. The van der Waals surface area contributed by atoms with Crippen molar-refractivity contribution >= 4 is 45.5 Å². The zero-order valence-corrected chi connectivity index (χ0v) is 30.0. The maximum absolute atomic E-state index is 15.5. The van der Waals surface area contributed by atoms with Gasteiger partial charge in [-0.05, 0) is 90.8 Å². The van der Waals surface area contributed by atoms with Crippen molar-refractivity contribution in [2.75, 3.05) is 7.11 Å². The number of fused-ring (bicyclic) bond motifs is 3. The highest BCUT2D eigenvalue weighted by molar-refractivity contribution is 8.13. The average molecular weight is 703 g/mol. The number of carbonyl (C=O) groups is 1. The van der Waals surface area contributed by atoms with E-state index in [1.54, 1.807) is 34.4 Å². The van der Waals surface area contributed by atoms with E-state index < -0.39 is 5.54 Å². The molecule has 1 atom stereocenters. The monoisotopic (exact) mass is 702 g/mol. The number of benzene rings is 3. The van der Waals surface area contributed by atoms with Gasteiger partial charge >= 0.3 is 0 Å². The molecule has 248 valence electrons. The molecule has 49 heavy (non-hydrogen) atoms. The van der Waals surface area contributed by atoms with Crippen LogP contribution in [0.15, 0.2) is 94.9 Å². The van der Waals surface area contributed by atoms with E-state index in [0.717, 1.165) is 69.5 Å². The number of aromatic nitrogens is 2. The Labute approximate surface area is 299 Å². The fraction of sp³-hybridized carbons (Fsp3) is 0.350. The van der Waals surface area contributed by atoms with Crippen molar-refractivity contribution < 1.29 is 9.53 Å². The molecule has 2 aromatic heterocycles. The SMILES string of the molecule is COC1CCC2(CC1)Cc1ccc(C3CC3)cc1C21N=C(SCc2cccc(-c3nccs3)c2)N(Cc2cccc(-c3nccs3)c2)C1=O. The first-order valence-electron chi connectivity index (χ1n) is 17.2. The molecule has 9 heteroatoms. The van der Waals surface area contributed by atoms with E-state index in [1.165, 1.54) is 29.5 Å². The lowest BCUT2D eigenvalue weighted by Gasteiger charge is -2.45. The summed E-state index contributed by atoms with van der Waals surface area (Å²) in [6.07, 6.45) is 11.0. The summed E-state index contributed by atoms with van der Waals surface area (Å²) >= 11 is 4.97. The number of nitrogens with zero attached hydrogens (tertiary/aromatic N) is 4. The first-order valence-corrected chi connectivity index (χ1v) is 20.0. The number of aliphatic imine (C=N–C) groups is 1. The molecule has 0 N–H and O–H groups in total. The number of carbonyl (C=O) groups excluding carboxylic acids is 1. The normalized spacial score (nSPS) is 24.6. The lowest BCUT2D eigenvalue weighted by Crippen LogP contribution is -2.51. The van der Waals surface area contributed by atoms with Gasteiger partial charge in [-0.15, -0.1) is 22.7 Å². The summed E-state index contributed by atoms with van der Waals surface area (Å²) in [5.74, 6) is 1.45. The fourth-order valence-corrected chi connectivity index (χ4v) is 10.7. The molecule has 9 rings (SSSR count). The molecule has 3 aliphatic carbocycles. The van der Waals surface area contributed by atoms with E-state index in [4.69, 9.17) is 9.73 Å². The minimum atomic E-state index is -0.927. The second-order valence-corrected chi connectivity index (χ2v) is 16.7. The van der Waals surface area contributed by atoms with Gasteiger partial charge in [0.05, 0.1) is 12.6 Å². The average Bonchev–Trinajstić information content (AvgIpc) is 3.45. The molecule has 3 aromatic carbocycles. The Balaban J connectivity index is 1.13. The van der Waals surface area contributed by atoms with Gasteiger partial charge in [0.2, 0.25) is 0 Å². The Bertz CT molecular complexity index is 2030. The van der Waals surface area contributed by atoms with Gasteiger partial charge in [0.1, 0.15) is 10.0 Å². The molecule has 1 amide bonds. The molecule has 4 aliphatic rings. The number of amides is 1. The Morgan fingerprint density at radius 2 is 1.57 bits per heavy atom. The third-order valence-corrected chi connectivity index (χ3v) is 13.8. The highest BCUT2D eigenvalue weighted by atomic mass is 32.2.